The van der Waals surface area contributed by atoms with Crippen LogP contribution >= 0.6 is 0 Å². The average molecular weight is 170 g/mol. The van der Waals surface area contributed by atoms with Gasteiger partial charge in [0.2, 0.25) is 0 Å². The Morgan fingerprint density at radius 2 is 2.25 bits per heavy atom. The Morgan fingerprint density at radius 1 is 1.50 bits per heavy atom. The van der Waals surface area contributed by atoms with Gasteiger partial charge in [0.15, 0.2) is 0 Å². The first-order valence-corrected chi connectivity index (χ1v) is 4.41. The molecule has 0 N–H and O–H groups in total. The maximum absolute atomic E-state index is 10.2. The molecule has 1 saturated heterocycles. The second-order valence-corrected chi connectivity index (χ2v) is 4.21. The van der Waals surface area contributed by atoms with Gasteiger partial charge >= 0.3 is 0 Å². The van der Waals surface area contributed by atoms with Gasteiger partial charge in [-0.1, -0.05) is 13.8 Å². The zero-order valence-electron chi connectivity index (χ0n) is 7.45. The molecule has 1 heterocycles. The van der Waals surface area contributed by atoms with Gasteiger partial charge in [-0.15, -0.1) is 0 Å². The summed E-state index contributed by atoms with van der Waals surface area (Å²) >= 11 is 0. The molecule has 68 valence electrons. The van der Waals surface area contributed by atoms with Gasteiger partial charge in [-0.05, 0) is 12.8 Å². The molecule has 2 fully saturated rings. The van der Waals surface area contributed by atoms with Crippen LogP contribution in [-0.4, -0.2) is 24.8 Å². The maximum Gasteiger partial charge on any atom is 0.293 e. The summed E-state index contributed by atoms with van der Waals surface area (Å²) in [5.41, 5.74) is 0.00380. The van der Waals surface area contributed by atoms with Crippen molar-refractivity contribution in [3.63, 3.8) is 0 Å². The molecule has 12 heavy (non-hydrogen) atoms. The molecular weight excluding hydrogens is 156 g/mol. The van der Waals surface area contributed by atoms with Crippen molar-refractivity contribution in [2.24, 2.45) is 5.41 Å². The average Bonchev–Trinajstić information content (AvgIpc) is 2.75. The van der Waals surface area contributed by atoms with E-state index in [9.17, 15) is 4.79 Å². The Balaban J connectivity index is 2.07. The summed E-state index contributed by atoms with van der Waals surface area (Å²) in [4.78, 5) is 10.2. The van der Waals surface area contributed by atoms with Gasteiger partial charge in [0.05, 0.1) is 12.2 Å². The third kappa shape index (κ3) is 1.04. The van der Waals surface area contributed by atoms with E-state index in [4.69, 9.17) is 9.47 Å². The number of carbonyl (C=O) groups excluding carboxylic acids is 1. The summed E-state index contributed by atoms with van der Waals surface area (Å²) in [7, 11) is 0. The molecule has 3 nitrogen and oxygen atoms in total. The fourth-order valence-electron chi connectivity index (χ4n) is 2.20. The van der Waals surface area contributed by atoms with Crippen molar-refractivity contribution in [3.05, 3.63) is 0 Å². The lowest BCUT2D eigenvalue weighted by atomic mass is 9.75. The number of hydrogen-bond donors (Lipinski definition) is 0. The molecule has 0 bridgehead atoms. The SMILES string of the molecule is CC1(C)C(OC=O)CCC2OC21. The van der Waals surface area contributed by atoms with Crippen LogP contribution in [0.25, 0.3) is 0 Å². The number of ether oxygens (including phenoxy) is 2. The zero-order chi connectivity index (χ0) is 8.77. The third-order valence-corrected chi connectivity index (χ3v) is 3.08. The largest absolute Gasteiger partial charge is 0.464 e. The van der Waals surface area contributed by atoms with E-state index < -0.39 is 0 Å². The van der Waals surface area contributed by atoms with Crippen LogP contribution in [-0.2, 0) is 14.3 Å². The normalized spacial score (nSPS) is 43.0. The second-order valence-electron chi connectivity index (χ2n) is 4.21. The van der Waals surface area contributed by atoms with Crippen molar-refractivity contribution in [3.8, 4) is 0 Å². The summed E-state index contributed by atoms with van der Waals surface area (Å²) in [5.74, 6) is 0. The molecule has 0 radical (unpaired) electrons. The summed E-state index contributed by atoms with van der Waals surface area (Å²) in [6.07, 6.45) is 2.76. The van der Waals surface area contributed by atoms with Crippen LogP contribution in [0.3, 0.4) is 0 Å². The van der Waals surface area contributed by atoms with E-state index in [0.29, 0.717) is 18.7 Å². The fourth-order valence-corrected chi connectivity index (χ4v) is 2.20. The Kier molecular flexibility index (Phi) is 1.65. The minimum atomic E-state index is 0.00380. The number of carbonyl (C=O) groups is 1. The molecule has 2 rings (SSSR count). The molecule has 0 aromatic rings. The molecular formula is C9H14O3. The van der Waals surface area contributed by atoms with Crippen molar-refractivity contribution in [2.45, 2.75) is 45.0 Å². The molecule has 2 aliphatic rings. The molecule has 0 spiro atoms. The van der Waals surface area contributed by atoms with Gasteiger partial charge in [-0.25, -0.2) is 0 Å². The highest BCUT2D eigenvalue weighted by atomic mass is 16.6. The predicted octanol–water partition coefficient (Wildman–Crippen LogP) is 1.12. The van der Waals surface area contributed by atoms with Crippen molar-refractivity contribution in [1.29, 1.82) is 0 Å². The molecule has 3 heteroatoms. The molecule has 0 amide bonds. The minimum Gasteiger partial charge on any atom is -0.464 e. The smallest absolute Gasteiger partial charge is 0.293 e. The summed E-state index contributed by atoms with van der Waals surface area (Å²) in [5, 5.41) is 0. The van der Waals surface area contributed by atoms with Gasteiger partial charge in [-0.2, -0.15) is 0 Å². The number of fused-ring (bicyclic) bond motifs is 1. The quantitative estimate of drug-likeness (QED) is 0.460. The first-order valence-electron chi connectivity index (χ1n) is 4.41. The van der Waals surface area contributed by atoms with E-state index in [1.165, 1.54) is 0 Å². The molecule has 0 aromatic carbocycles. The zero-order valence-corrected chi connectivity index (χ0v) is 7.45. The molecule has 1 saturated carbocycles. The number of rotatable bonds is 2. The van der Waals surface area contributed by atoms with Gasteiger partial charge in [0.1, 0.15) is 6.10 Å². The third-order valence-electron chi connectivity index (χ3n) is 3.08. The predicted molar refractivity (Wildman–Crippen MR) is 42.6 cm³/mol. The summed E-state index contributed by atoms with van der Waals surface area (Å²) in [6.45, 7) is 4.76. The van der Waals surface area contributed by atoms with Crippen LogP contribution in [0.5, 0.6) is 0 Å². The van der Waals surface area contributed by atoms with E-state index >= 15 is 0 Å². The van der Waals surface area contributed by atoms with E-state index in [1.54, 1.807) is 0 Å². The maximum atomic E-state index is 10.2. The van der Waals surface area contributed by atoms with Crippen LogP contribution in [0.2, 0.25) is 0 Å². The van der Waals surface area contributed by atoms with Crippen molar-refractivity contribution < 1.29 is 14.3 Å². The van der Waals surface area contributed by atoms with Gasteiger partial charge in [0, 0.05) is 5.41 Å². The number of hydrogen-bond acceptors (Lipinski definition) is 3. The van der Waals surface area contributed by atoms with Crippen LogP contribution < -0.4 is 0 Å². The highest BCUT2D eigenvalue weighted by molar-refractivity contribution is 5.38. The first kappa shape index (κ1) is 8.05. The Morgan fingerprint density at radius 3 is 2.92 bits per heavy atom. The monoisotopic (exact) mass is 170 g/mol. The highest BCUT2D eigenvalue weighted by Gasteiger charge is 2.57. The minimum absolute atomic E-state index is 0.00380. The topological polar surface area (TPSA) is 38.8 Å². The van der Waals surface area contributed by atoms with Crippen LogP contribution in [0.15, 0.2) is 0 Å². The lowest BCUT2D eigenvalue weighted by Crippen LogP contribution is -2.40. The lowest BCUT2D eigenvalue weighted by Gasteiger charge is -2.34. The van der Waals surface area contributed by atoms with Gasteiger partial charge < -0.3 is 9.47 Å². The van der Waals surface area contributed by atoms with Gasteiger partial charge in [0.25, 0.3) is 6.47 Å². The molecule has 3 atom stereocenters. The van der Waals surface area contributed by atoms with Crippen molar-refractivity contribution >= 4 is 6.47 Å². The standard InChI is InChI=1S/C9H14O3/c1-9(2)7(11-5-10)4-3-6-8(9)12-6/h5-8H,3-4H2,1-2H3. The molecule has 1 aliphatic carbocycles. The summed E-state index contributed by atoms with van der Waals surface area (Å²) in [6, 6.07) is 0. The lowest BCUT2D eigenvalue weighted by molar-refractivity contribution is -0.141. The second kappa shape index (κ2) is 2.46. The summed E-state index contributed by atoms with van der Waals surface area (Å²) < 4.78 is 10.5. The van der Waals surface area contributed by atoms with Crippen LogP contribution in [0.4, 0.5) is 0 Å². The van der Waals surface area contributed by atoms with Crippen molar-refractivity contribution in [2.75, 3.05) is 0 Å². The molecule has 0 aromatic heterocycles. The highest BCUT2D eigenvalue weighted by Crippen LogP contribution is 2.49. The fraction of sp³-hybridized carbons (Fsp3) is 0.889. The molecule has 3 unspecified atom stereocenters. The first-order chi connectivity index (χ1) is 5.66. The van der Waals surface area contributed by atoms with Crippen molar-refractivity contribution in [1.82, 2.24) is 0 Å². The Bertz CT molecular complexity index is 200. The Labute approximate surface area is 72.0 Å². The molecule has 1 aliphatic heterocycles. The Hall–Kier alpha value is -0.570. The van der Waals surface area contributed by atoms with E-state index in [1.807, 2.05) is 0 Å². The van der Waals surface area contributed by atoms with E-state index in [-0.39, 0.29) is 11.5 Å². The number of epoxide rings is 1. The van der Waals surface area contributed by atoms with Crippen LogP contribution in [0, 0.1) is 5.41 Å². The van der Waals surface area contributed by atoms with E-state index in [2.05, 4.69) is 13.8 Å². The van der Waals surface area contributed by atoms with E-state index in [0.717, 1.165) is 12.8 Å². The van der Waals surface area contributed by atoms with Gasteiger partial charge in [-0.3, -0.25) is 4.79 Å². The van der Waals surface area contributed by atoms with Crippen LogP contribution in [0.1, 0.15) is 26.7 Å².